The molecule has 2 nitrogen and oxygen atoms in total. The molecule has 0 saturated carbocycles. The highest BCUT2D eigenvalue weighted by Gasteiger charge is 2.05. The molecule has 1 aromatic carbocycles. The molecule has 0 aliphatic heterocycles. The Morgan fingerprint density at radius 1 is 1.23 bits per heavy atom. The lowest BCUT2D eigenvalue weighted by Gasteiger charge is -2.06. The fraction of sp³-hybridized carbons (Fsp3) is 0.364. The van der Waals surface area contributed by atoms with Gasteiger partial charge in [-0.3, -0.25) is 4.79 Å². The summed E-state index contributed by atoms with van der Waals surface area (Å²) in [7, 11) is 0. The Hall–Kier alpha value is -1.31. The standard InChI is InChI=1S/C10H13NO.CH4/c1-8(2)10(12)11-9-6-4-3-5-7-9;/h3-8H,1-2H3,(H,11,12);1H4. The summed E-state index contributed by atoms with van der Waals surface area (Å²) in [5.74, 6) is 0.0893. The molecule has 1 aromatic rings. The van der Waals surface area contributed by atoms with Crippen LogP contribution in [0.5, 0.6) is 0 Å². The van der Waals surface area contributed by atoms with E-state index in [1.54, 1.807) is 0 Å². The lowest BCUT2D eigenvalue weighted by molar-refractivity contribution is -0.118. The molecule has 1 rings (SSSR count). The summed E-state index contributed by atoms with van der Waals surface area (Å²) in [6.07, 6.45) is 0. The van der Waals surface area contributed by atoms with Crippen molar-refractivity contribution in [3.8, 4) is 0 Å². The van der Waals surface area contributed by atoms with Crippen molar-refractivity contribution >= 4 is 11.6 Å². The number of rotatable bonds is 2. The zero-order chi connectivity index (χ0) is 8.97. The molecule has 0 heterocycles. The molecule has 0 unspecified atom stereocenters. The van der Waals surface area contributed by atoms with Crippen molar-refractivity contribution in [3.05, 3.63) is 30.3 Å². The van der Waals surface area contributed by atoms with Crippen LogP contribution >= 0.6 is 0 Å². The Bertz CT molecular complexity index is 254. The van der Waals surface area contributed by atoms with E-state index in [1.165, 1.54) is 0 Å². The molecule has 0 saturated heterocycles. The number of anilines is 1. The average Bonchev–Trinajstić information content (AvgIpc) is 2.06. The lowest BCUT2D eigenvalue weighted by atomic mass is 10.2. The van der Waals surface area contributed by atoms with Gasteiger partial charge in [0.1, 0.15) is 0 Å². The molecule has 13 heavy (non-hydrogen) atoms. The van der Waals surface area contributed by atoms with Gasteiger partial charge in [0.05, 0.1) is 0 Å². The summed E-state index contributed by atoms with van der Waals surface area (Å²) in [5.41, 5.74) is 0.858. The maximum Gasteiger partial charge on any atom is 0.226 e. The molecule has 0 fully saturated rings. The first-order valence-electron chi connectivity index (χ1n) is 4.06. The first-order chi connectivity index (χ1) is 5.70. The zero-order valence-electron chi connectivity index (χ0n) is 7.37. The van der Waals surface area contributed by atoms with Crippen molar-refractivity contribution in [2.75, 3.05) is 5.32 Å². The first-order valence-corrected chi connectivity index (χ1v) is 4.06. The maximum atomic E-state index is 11.2. The van der Waals surface area contributed by atoms with Crippen LogP contribution in [0.25, 0.3) is 0 Å². The van der Waals surface area contributed by atoms with Gasteiger partial charge in [-0.1, -0.05) is 39.5 Å². The second-order valence-corrected chi connectivity index (χ2v) is 3.01. The van der Waals surface area contributed by atoms with Crippen LogP contribution in [-0.4, -0.2) is 5.91 Å². The van der Waals surface area contributed by atoms with Gasteiger partial charge >= 0.3 is 0 Å². The van der Waals surface area contributed by atoms with E-state index in [-0.39, 0.29) is 19.3 Å². The van der Waals surface area contributed by atoms with Crippen LogP contribution in [0.2, 0.25) is 0 Å². The van der Waals surface area contributed by atoms with Gasteiger partial charge in [0.2, 0.25) is 5.91 Å². The highest BCUT2D eigenvalue weighted by atomic mass is 16.1. The third kappa shape index (κ3) is 3.74. The van der Waals surface area contributed by atoms with Gasteiger partial charge < -0.3 is 5.32 Å². The van der Waals surface area contributed by atoms with Crippen molar-refractivity contribution in [2.24, 2.45) is 5.92 Å². The van der Waals surface area contributed by atoms with Gasteiger partial charge in [-0.25, -0.2) is 0 Å². The van der Waals surface area contributed by atoms with Crippen molar-refractivity contribution in [2.45, 2.75) is 21.3 Å². The SMILES string of the molecule is C.CC(C)C(=O)Nc1ccccc1. The molecule has 0 radical (unpaired) electrons. The van der Waals surface area contributed by atoms with Gasteiger partial charge in [0.15, 0.2) is 0 Å². The van der Waals surface area contributed by atoms with Crippen LogP contribution in [0, 0.1) is 5.92 Å². The predicted octanol–water partition coefficient (Wildman–Crippen LogP) is 2.92. The van der Waals surface area contributed by atoms with Crippen LogP contribution in [0.1, 0.15) is 21.3 Å². The number of carbonyl (C=O) groups is 1. The van der Waals surface area contributed by atoms with Gasteiger partial charge in [-0.2, -0.15) is 0 Å². The van der Waals surface area contributed by atoms with Gasteiger partial charge in [-0.15, -0.1) is 0 Å². The lowest BCUT2D eigenvalue weighted by Crippen LogP contribution is -2.17. The van der Waals surface area contributed by atoms with Crippen LogP contribution in [-0.2, 0) is 4.79 Å². The summed E-state index contributed by atoms with van der Waals surface area (Å²) >= 11 is 0. The Morgan fingerprint density at radius 2 is 1.77 bits per heavy atom. The minimum Gasteiger partial charge on any atom is -0.326 e. The molecule has 0 aliphatic rings. The minimum atomic E-state index is 0. The molecule has 0 bridgehead atoms. The Morgan fingerprint density at radius 3 is 2.23 bits per heavy atom. The van der Waals surface area contributed by atoms with Crippen molar-refractivity contribution in [1.82, 2.24) is 0 Å². The fourth-order valence-corrected chi connectivity index (χ4v) is 0.808. The quantitative estimate of drug-likeness (QED) is 0.743. The molecule has 1 amide bonds. The normalized spacial score (nSPS) is 9.15. The van der Waals surface area contributed by atoms with Crippen LogP contribution in [0.4, 0.5) is 5.69 Å². The largest absolute Gasteiger partial charge is 0.326 e. The third-order valence-corrected chi connectivity index (χ3v) is 1.57. The van der Waals surface area contributed by atoms with Crippen LogP contribution < -0.4 is 5.32 Å². The predicted molar refractivity (Wildman–Crippen MR) is 56.6 cm³/mol. The smallest absolute Gasteiger partial charge is 0.226 e. The number of nitrogens with one attached hydrogen (secondary N) is 1. The number of hydrogen-bond donors (Lipinski definition) is 1. The average molecular weight is 179 g/mol. The van der Waals surface area contributed by atoms with E-state index < -0.39 is 0 Å². The molecular formula is C11H17NO. The summed E-state index contributed by atoms with van der Waals surface area (Å²) in [6, 6.07) is 9.47. The summed E-state index contributed by atoms with van der Waals surface area (Å²) < 4.78 is 0. The van der Waals surface area contributed by atoms with Crippen molar-refractivity contribution in [3.63, 3.8) is 0 Å². The summed E-state index contributed by atoms with van der Waals surface area (Å²) in [5, 5.41) is 2.80. The molecular weight excluding hydrogens is 162 g/mol. The van der Waals surface area contributed by atoms with E-state index in [9.17, 15) is 4.79 Å². The second-order valence-electron chi connectivity index (χ2n) is 3.01. The topological polar surface area (TPSA) is 29.1 Å². The van der Waals surface area contributed by atoms with E-state index >= 15 is 0 Å². The molecule has 1 N–H and O–H groups in total. The minimum absolute atomic E-state index is 0. The number of amides is 1. The van der Waals surface area contributed by atoms with Crippen LogP contribution in [0.15, 0.2) is 30.3 Å². The third-order valence-electron chi connectivity index (χ3n) is 1.57. The number of carbonyl (C=O) groups excluding carboxylic acids is 1. The molecule has 2 heteroatoms. The van der Waals surface area contributed by atoms with Gasteiger partial charge in [0, 0.05) is 11.6 Å². The van der Waals surface area contributed by atoms with E-state index in [0.717, 1.165) is 5.69 Å². The molecule has 0 spiro atoms. The Balaban J connectivity index is 0.00000144. The van der Waals surface area contributed by atoms with E-state index in [4.69, 9.17) is 0 Å². The van der Waals surface area contributed by atoms with Gasteiger partial charge in [-0.05, 0) is 12.1 Å². The Labute approximate surface area is 80.0 Å². The molecule has 0 atom stereocenters. The first kappa shape index (κ1) is 11.7. The monoisotopic (exact) mass is 179 g/mol. The number of para-hydroxylation sites is 1. The molecule has 0 aromatic heterocycles. The van der Waals surface area contributed by atoms with E-state index in [0.29, 0.717) is 0 Å². The fourth-order valence-electron chi connectivity index (χ4n) is 0.808. The zero-order valence-corrected chi connectivity index (χ0v) is 7.37. The van der Waals surface area contributed by atoms with Crippen LogP contribution in [0.3, 0.4) is 0 Å². The summed E-state index contributed by atoms with van der Waals surface area (Å²) in [6.45, 7) is 3.75. The van der Waals surface area contributed by atoms with Gasteiger partial charge in [0.25, 0.3) is 0 Å². The number of hydrogen-bond acceptors (Lipinski definition) is 1. The van der Waals surface area contributed by atoms with Crippen molar-refractivity contribution in [1.29, 1.82) is 0 Å². The Kier molecular flexibility index (Phi) is 4.82. The second kappa shape index (κ2) is 5.36. The highest BCUT2D eigenvalue weighted by molar-refractivity contribution is 5.91. The highest BCUT2D eigenvalue weighted by Crippen LogP contribution is 2.06. The molecule has 0 aliphatic carbocycles. The molecule has 72 valence electrons. The van der Waals surface area contributed by atoms with Crippen molar-refractivity contribution < 1.29 is 4.79 Å². The number of benzene rings is 1. The van der Waals surface area contributed by atoms with E-state index in [1.807, 2.05) is 44.2 Å². The summed E-state index contributed by atoms with van der Waals surface area (Å²) in [4.78, 5) is 11.2. The maximum absolute atomic E-state index is 11.2. The van der Waals surface area contributed by atoms with E-state index in [2.05, 4.69) is 5.32 Å².